The van der Waals surface area contributed by atoms with Gasteiger partial charge >= 0.3 is 0 Å². The second kappa shape index (κ2) is 4.90. The molecule has 2 rings (SSSR count). The van der Waals surface area contributed by atoms with Crippen molar-refractivity contribution in [2.75, 3.05) is 6.54 Å². The third-order valence-electron chi connectivity index (χ3n) is 2.60. The Morgan fingerprint density at radius 1 is 1.31 bits per heavy atom. The first-order valence-electron chi connectivity index (χ1n) is 5.47. The number of benzene rings is 1. The molecule has 0 saturated heterocycles. The highest BCUT2D eigenvalue weighted by atomic mass is 15.3. The van der Waals surface area contributed by atoms with Gasteiger partial charge in [0.2, 0.25) is 0 Å². The number of hydrogen-bond donors (Lipinski definition) is 1. The normalized spacial score (nSPS) is 10.6. The Balaban J connectivity index is 2.33. The third kappa shape index (κ3) is 2.12. The summed E-state index contributed by atoms with van der Waals surface area (Å²) in [6.45, 7) is 3.63. The van der Waals surface area contributed by atoms with E-state index in [2.05, 4.69) is 33.8 Å². The Morgan fingerprint density at radius 3 is 2.88 bits per heavy atom. The van der Waals surface area contributed by atoms with Crippen LogP contribution in [0.25, 0.3) is 11.4 Å². The zero-order valence-corrected chi connectivity index (χ0v) is 9.43. The molecule has 2 N–H and O–H groups in total. The van der Waals surface area contributed by atoms with Gasteiger partial charge in [0.15, 0.2) is 5.82 Å². The second-order valence-electron chi connectivity index (χ2n) is 3.81. The molecule has 0 spiro atoms. The minimum Gasteiger partial charge on any atom is -0.330 e. The van der Waals surface area contributed by atoms with Crippen LogP contribution >= 0.6 is 0 Å². The third-order valence-corrected chi connectivity index (χ3v) is 2.60. The average molecular weight is 216 g/mol. The van der Waals surface area contributed by atoms with Crippen LogP contribution in [-0.2, 0) is 6.54 Å². The van der Waals surface area contributed by atoms with Crippen LogP contribution in [0.15, 0.2) is 30.6 Å². The van der Waals surface area contributed by atoms with E-state index in [4.69, 9.17) is 5.73 Å². The molecule has 0 unspecified atom stereocenters. The van der Waals surface area contributed by atoms with Crippen LogP contribution in [0.4, 0.5) is 0 Å². The van der Waals surface area contributed by atoms with Gasteiger partial charge in [0.05, 0.1) is 0 Å². The van der Waals surface area contributed by atoms with Gasteiger partial charge in [-0.15, -0.1) is 10.2 Å². The summed E-state index contributed by atoms with van der Waals surface area (Å²) in [5, 5.41) is 8.14. The van der Waals surface area contributed by atoms with Gasteiger partial charge in [0, 0.05) is 12.1 Å². The molecular formula is C12H16N4. The zero-order valence-electron chi connectivity index (χ0n) is 9.43. The van der Waals surface area contributed by atoms with Crippen molar-refractivity contribution in [3.63, 3.8) is 0 Å². The fourth-order valence-corrected chi connectivity index (χ4v) is 1.71. The van der Waals surface area contributed by atoms with Gasteiger partial charge in [0.25, 0.3) is 0 Å². The number of nitrogens with zero attached hydrogens (tertiary/aromatic N) is 3. The molecule has 0 atom stereocenters. The minimum absolute atomic E-state index is 0.686. The van der Waals surface area contributed by atoms with E-state index < -0.39 is 0 Å². The molecule has 0 amide bonds. The number of hydrogen-bond acceptors (Lipinski definition) is 3. The fourth-order valence-electron chi connectivity index (χ4n) is 1.71. The first-order chi connectivity index (χ1) is 7.83. The largest absolute Gasteiger partial charge is 0.330 e. The van der Waals surface area contributed by atoms with E-state index in [0.717, 1.165) is 24.4 Å². The summed E-state index contributed by atoms with van der Waals surface area (Å²) < 4.78 is 2.05. The molecule has 0 saturated carbocycles. The smallest absolute Gasteiger partial charge is 0.164 e. The first-order valence-corrected chi connectivity index (χ1v) is 5.47. The second-order valence-corrected chi connectivity index (χ2v) is 3.81. The number of aryl methyl sites for hydroxylation is 2. The lowest BCUT2D eigenvalue weighted by atomic mass is 10.1. The highest BCUT2D eigenvalue weighted by Crippen LogP contribution is 2.20. The van der Waals surface area contributed by atoms with Gasteiger partial charge in [0.1, 0.15) is 6.33 Å². The molecule has 0 aliphatic rings. The molecule has 0 aliphatic heterocycles. The van der Waals surface area contributed by atoms with Crippen LogP contribution in [0.3, 0.4) is 0 Å². The van der Waals surface area contributed by atoms with Crippen LogP contribution in [0.2, 0.25) is 0 Å². The molecule has 0 radical (unpaired) electrons. The molecule has 84 valence electrons. The van der Waals surface area contributed by atoms with Crippen molar-refractivity contribution in [3.8, 4) is 11.4 Å². The first kappa shape index (κ1) is 10.8. The van der Waals surface area contributed by atoms with Gasteiger partial charge < -0.3 is 10.3 Å². The summed E-state index contributed by atoms with van der Waals surface area (Å²) in [6, 6.07) is 8.19. The molecule has 4 heteroatoms. The predicted octanol–water partition coefficient (Wildman–Crippen LogP) is 1.60. The van der Waals surface area contributed by atoms with Crippen LogP contribution in [0.5, 0.6) is 0 Å². The van der Waals surface area contributed by atoms with Crippen molar-refractivity contribution in [3.05, 3.63) is 36.2 Å². The standard InChI is InChI=1S/C12H16N4/c1-10-5-2-3-6-11(10)12-15-14-9-16(12)8-4-7-13/h2-3,5-6,9H,4,7-8,13H2,1H3. The Labute approximate surface area is 95.1 Å². The molecule has 1 aromatic heterocycles. The summed E-state index contributed by atoms with van der Waals surface area (Å²) >= 11 is 0. The topological polar surface area (TPSA) is 56.7 Å². The maximum atomic E-state index is 5.51. The lowest BCUT2D eigenvalue weighted by Crippen LogP contribution is -2.06. The minimum atomic E-state index is 0.686. The van der Waals surface area contributed by atoms with Gasteiger partial charge in [-0.25, -0.2) is 0 Å². The fraction of sp³-hybridized carbons (Fsp3) is 0.333. The maximum Gasteiger partial charge on any atom is 0.164 e. The lowest BCUT2D eigenvalue weighted by Gasteiger charge is -2.07. The van der Waals surface area contributed by atoms with Gasteiger partial charge in [-0.3, -0.25) is 0 Å². The summed E-state index contributed by atoms with van der Waals surface area (Å²) in [5.74, 6) is 0.923. The SMILES string of the molecule is Cc1ccccc1-c1nncn1CCCN. The van der Waals surface area contributed by atoms with E-state index in [1.54, 1.807) is 6.33 Å². The quantitative estimate of drug-likeness (QED) is 0.844. The number of aromatic nitrogens is 3. The van der Waals surface area contributed by atoms with Crippen molar-refractivity contribution >= 4 is 0 Å². The number of rotatable bonds is 4. The highest BCUT2D eigenvalue weighted by molar-refractivity contribution is 5.59. The molecule has 16 heavy (non-hydrogen) atoms. The van der Waals surface area contributed by atoms with E-state index in [1.165, 1.54) is 5.56 Å². The van der Waals surface area contributed by atoms with Gasteiger partial charge in [-0.05, 0) is 25.5 Å². The van der Waals surface area contributed by atoms with Crippen molar-refractivity contribution in [1.29, 1.82) is 0 Å². The molecule has 0 bridgehead atoms. The Hall–Kier alpha value is -1.68. The van der Waals surface area contributed by atoms with Crippen LogP contribution < -0.4 is 5.73 Å². The van der Waals surface area contributed by atoms with Gasteiger partial charge in [-0.2, -0.15) is 0 Å². The molecule has 0 aliphatic carbocycles. The van der Waals surface area contributed by atoms with E-state index in [0.29, 0.717) is 6.54 Å². The van der Waals surface area contributed by atoms with Crippen molar-refractivity contribution in [2.45, 2.75) is 19.9 Å². The highest BCUT2D eigenvalue weighted by Gasteiger charge is 2.08. The van der Waals surface area contributed by atoms with E-state index in [1.807, 2.05) is 12.1 Å². The summed E-state index contributed by atoms with van der Waals surface area (Å²) in [7, 11) is 0. The van der Waals surface area contributed by atoms with Crippen molar-refractivity contribution in [2.24, 2.45) is 5.73 Å². The van der Waals surface area contributed by atoms with Crippen molar-refractivity contribution < 1.29 is 0 Å². The molecule has 0 fully saturated rings. The zero-order chi connectivity index (χ0) is 11.4. The Morgan fingerprint density at radius 2 is 2.12 bits per heavy atom. The van der Waals surface area contributed by atoms with E-state index in [9.17, 15) is 0 Å². The number of nitrogens with two attached hydrogens (primary N) is 1. The van der Waals surface area contributed by atoms with Gasteiger partial charge in [-0.1, -0.05) is 24.3 Å². The monoisotopic (exact) mass is 216 g/mol. The molecular weight excluding hydrogens is 200 g/mol. The molecule has 1 aromatic carbocycles. The Bertz CT molecular complexity index is 462. The van der Waals surface area contributed by atoms with Crippen molar-refractivity contribution in [1.82, 2.24) is 14.8 Å². The molecule has 4 nitrogen and oxygen atoms in total. The van der Waals surface area contributed by atoms with Crippen LogP contribution in [0, 0.1) is 6.92 Å². The lowest BCUT2D eigenvalue weighted by molar-refractivity contribution is 0.653. The van der Waals surface area contributed by atoms with E-state index >= 15 is 0 Å². The summed E-state index contributed by atoms with van der Waals surface area (Å²) in [6.07, 6.45) is 2.70. The molecule has 2 aromatic rings. The molecule has 1 heterocycles. The van der Waals surface area contributed by atoms with Crippen LogP contribution in [-0.4, -0.2) is 21.3 Å². The summed E-state index contributed by atoms with van der Waals surface area (Å²) in [4.78, 5) is 0. The summed E-state index contributed by atoms with van der Waals surface area (Å²) in [5.41, 5.74) is 7.86. The van der Waals surface area contributed by atoms with E-state index in [-0.39, 0.29) is 0 Å². The Kier molecular flexibility index (Phi) is 3.31. The van der Waals surface area contributed by atoms with Crippen LogP contribution in [0.1, 0.15) is 12.0 Å². The maximum absolute atomic E-state index is 5.51. The average Bonchev–Trinajstić information content (AvgIpc) is 2.75. The predicted molar refractivity (Wildman–Crippen MR) is 63.9 cm³/mol.